The predicted octanol–water partition coefficient (Wildman–Crippen LogP) is 2.17. The van der Waals surface area contributed by atoms with Crippen LogP contribution < -0.4 is 108 Å². The van der Waals surface area contributed by atoms with E-state index in [1.54, 1.807) is 36.5 Å². The number of ketones is 1. The van der Waals surface area contributed by atoms with E-state index in [1.165, 1.54) is 43.4 Å². The molecule has 0 saturated heterocycles. The maximum atomic E-state index is 11.5. The van der Waals surface area contributed by atoms with E-state index in [-0.39, 0.29) is 134 Å². The molecule has 5 aromatic heterocycles. The molecule has 0 bridgehead atoms. The van der Waals surface area contributed by atoms with Gasteiger partial charge in [-0.15, -0.1) is 56.7 Å². The summed E-state index contributed by atoms with van der Waals surface area (Å²) in [6, 6.07) is 5.88. The summed E-state index contributed by atoms with van der Waals surface area (Å²) >= 11 is 14.5. The van der Waals surface area contributed by atoms with Crippen LogP contribution in [0.1, 0.15) is 62.3 Å². The molecule has 5 heterocycles. The number of rotatable bonds is 7. The zero-order valence-corrected chi connectivity index (χ0v) is 40.0. The molecule has 0 atom stereocenters. The Bertz CT molecular complexity index is 1730. The van der Waals surface area contributed by atoms with E-state index in [9.17, 15) is 19.2 Å². The van der Waals surface area contributed by atoms with Crippen molar-refractivity contribution in [2.75, 3.05) is 19.0 Å². The van der Waals surface area contributed by atoms with E-state index < -0.39 is 5.97 Å². The van der Waals surface area contributed by atoms with Gasteiger partial charge in [-0.25, -0.2) is 9.59 Å². The fourth-order valence-corrected chi connectivity index (χ4v) is 9.26. The van der Waals surface area contributed by atoms with Crippen LogP contribution in [0.4, 0.5) is 0 Å². The zero-order chi connectivity index (χ0) is 34.8. The van der Waals surface area contributed by atoms with Gasteiger partial charge in [0.2, 0.25) is 0 Å². The number of carbonyl (C=O) groups is 5. The van der Waals surface area contributed by atoms with E-state index in [0.29, 0.717) is 18.1 Å². The number of thiol groups is 1. The van der Waals surface area contributed by atoms with Crippen molar-refractivity contribution < 1.29 is 153 Å². The van der Waals surface area contributed by atoms with E-state index in [1.807, 2.05) is 55.1 Å². The first kappa shape index (κ1) is 50.7. The summed E-state index contributed by atoms with van der Waals surface area (Å²) in [4.78, 5) is 56.3. The van der Waals surface area contributed by atoms with Gasteiger partial charge in [0.15, 0.2) is 5.78 Å². The molecule has 0 aliphatic rings. The second-order valence-electron chi connectivity index (χ2n) is 8.18. The van der Waals surface area contributed by atoms with E-state index >= 15 is 0 Å². The summed E-state index contributed by atoms with van der Waals surface area (Å²) in [5.74, 6) is -0.976. The summed E-state index contributed by atoms with van der Waals surface area (Å²) in [5, 5.41) is 23.2. The molecule has 0 fully saturated rings. The number of aryl methyl sites for hydroxylation is 2. The van der Waals surface area contributed by atoms with Crippen LogP contribution in [0.25, 0.3) is 18.8 Å². The SMILES string of the molecule is CC(=O)c1sccc1Br.CCOC(=O)CS.CCOC(=O)c1sc2ccsc2c1C.Cc1c(C(=O)O)sc2ccsc12.O=CO[O-].[H-].[K+].[K+]. The predicted molar refractivity (Wildman–Crippen MR) is 193 cm³/mol. The zero-order valence-electron chi connectivity index (χ0n) is 28.2. The molecule has 10 nitrogen and oxygen atoms in total. The van der Waals surface area contributed by atoms with Gasteiger partial charge in [0.25, 0.3) is 6.47 Å². The van der Waals surface area contributed by atoms with E-state index in [2.05, 4.69) is 38.2 Å². The molecule has 0 unspecified atom stereocenters. The molecule has 5 rings (SSSR count). The number of fused-ring (bicyclic) bond motifs is 2. The average molecular weight is 890 g/mol. The Labute approximate surface area is 398 Å². The Hall–Kier alpha value is 0.633. The standard InChI is InChI=1S/C10H10O2S2.C8H6O2S2.C6H5BrOS.C4H8O2S.CH2O3.2K.H/c1-3-12-10(11)9-6(2)8-7(14-9)4-5-13-8;1-4-6-5(2-3-11-6)12-7(4)8(9)10;1-4(8)6-5(7)2-3-9-6;1-2-6-4(5)3-7;2-1-4-3;;;/h4-5H,3H2,1-2H3;2-3H,1H3,(H,9,10);2-3H,1H3;7H,2-3H2,1H3;1,3H;;;/q;;;;;2*+1;-1/p-1. The minimum absolute atomic E-state index is 0. The van der Waals surface area contributed by atoms with Crippen LogP contribution in [0.3, 0.4) is 0 Å². The number of carboxylic acids is 1. The topological polar surface area (TPSA) is 156 Å². The smallest absolute Gasteiger partial charge is 1.00 e. The number of carboxylic acid groups (broad SMARTS) is 1. The fraction of sp³-hybridized carbons (Fsp3) is 0.276. The summed E-state index contributed by atoms with van der Waals surface area (Å²) < 4.78 is 14.9. The van der Waals surface area contributed by atoms with Crippen molar-refractivity contribution in [3.8, 4) is 0 Å². The van der Waals surface area contributed by atoms with Crippen molar-refractivity contribution in [2.45, 2.75) is 34.6 Å². The largest absolute Gasteiger partial charge is 1.00 e. The Morgan fingerprint density at radius 2 is 1.33 bits per heavy atom. The molecule has 0 spiro atoms. The van der Waals surface area contributed by atoms with Crippen LogP contribution in [0.5, 0.6) is 0 Å². The second-order valence-corrected chi connectivity index (χ2v) is 14.2. The molecule has 0 aromatic carbocycles. The first-order valence-corrected chi connectivity index (χ1v) is 18.6. The summed E-state index contributed by atoms with van der Waals surface area (Å²) in [7, 11) is 0. The van der Waals surface area contributed by atoms with Crippen molar-refractivity contribution in [1.29, 1.82) is 0 Å². The number of thiophene rings is 5. The molecule has 19 heteroatoms. The molecule has 252 valence electrons. The van der Waals surface area contributed by atoms with Gasteiger partial charge >= 0.3 is 121 Å². The van der Waals surface area contributed by atoms with Gasteiger partial charge in [-0.1, -0.05) is 0 Å². The van der Waals surface area contributed by atoms with Crippen molar-refractivity contribution >= 4 is 134 Å². The summed E-state index contributed by atoms with van der Waals surface area (Å²) in [5.41, 5.74) is 1.95. The number of ether oxygens (including phenoxy) is 2. The third-order valence-corrected chi connectivity index (χ3v) is 12.1. The first-order valence-electron chi connectivity index (χ1n) is 12.9. The maximum absolute atomic E-state index is 11.5. The number of esters is 2. The van der Waals surface area contributed by atoms with Gasteiger partial charge in [-0.3, -0.25) is 14.4 Å². The molecular formula is C29H31BrK2O10S6. The molecule has 0 aliphatic carbocycles. The second kappa shape index (κ2) is 28.2. The van der Waals surface area contributed by atoms with Crippen LogP contribution in [-0.2, 0) is 24.0 Å². The summed E-state index contributed by atoms with van der Waals surface area (Å²) in [6.45, 7) is 9.69. The van der Waals surface area contributed by atoms with Gasteiger partial charge < -0.3 is 26.2 Å². The Balaban J connectivity index is -0.000000559. The number of hydrogen-bond donors (Lipinski definition) is 2. The Morgan fingerprint density at radius 3 is 1.65 bits per heavy atom. The van der Waals surface area contributed by atoms with Crippen LogP contribution in [0.2, 0.25) is 0 Å². The molecule has 5 aromatic rings. The number of Topliss-reactive ketones (excluding diaryl/α,β-unsaturated/α-hetero) is 1. The molecule has 0 amide bonds. The van der Waals surface area contributed by atoms with Gasteiger partial charge in [-0.2, -0.15) is 12.6 Å². The average Bonchev–Trinajstić information content (AvgIpc) is 3.85. The minimum atomic E-state index is -0.819. The molecular weight excluding hydrogens is 859 g/mol. The monoisotopic (exact) mass is 888 g/mol. The number of aromatic carboxylic acids is 1. The van der Waals surface area contributed by atoms with Gasteiger partial charge in [0, 0.05) is 23.3 Å². The van der Waals surface area contributed by atoms with Crippen LogP contribution >= 0.6 is 85.2 Å². The fourth-order valence-electron chi connectivity index (χ4n) is 3.23. The van der Waals surface area contributed by atoms with E-state index in [4.69, 9.17) is 19.9 Å². The summed E-state index contributed by atoms with van der Waals surface area (Å²) in [6.07, 6.45) is 0. The van der Waals surface area contributed by atoms with Gasteiger partial charge in [-0.05, 0) is 96.0 Å². The molecule has 48 heavy (non-hydrogen) atoms. The van der Waals surface area contributed by atoms with Crippen molar-refractivity contribution in [2.24, 2.45) is 0 Å². The van der Waals surface area contributed by atoms with Crippen molar-refractivity contribution in [3.05, 3.63) is 64.6 Å². The number of hydrogen-bond acceptors (Lipinski definition) is 15. The third kappa shape index (κ3) is 17.0. The van der Waals surface area contributed by atoms with Gasteiger partial charge in [0.1, 0.15) is 9.75 Å². The van der Waals surface area contributed by atoms with Crippen molar-refractivity contribution in [1.82, 2.24) is 0 Å². The molecule has 0 radical (unpaired) electrons. The molecule has 1 N–H and O–H groups in total. The van der Waals surface area contributed by atoms with Crippen LogP contribution in [-0.4, -0.2) is 54.2 Å². The maximum Gasteiger partial charge on any atom is 1.00 e. The van der Waals surface area contributed by atoms with Crippen LogP contribution in [0, 0.1) is 13.8 Å². The van der Waals surface area contributed by atoms with E-state index in [0.717, 1.165) is 34.8 Å². The molecule has 0 aliphatic heterocycles. The first-order chi connectivity index (χ1) is 21.9. The van der Waals surface area contributed by atoms with Gasteiger partial charge in [0.05, 0.1) is 23.8 Å². The molecule has 0 saturated carbocycles. The normalized spacial score (nSPS) is 9.25. The Morgan fingerprint density at radius 1 is 0.875 bits per heavy atom. The van der Waals surface area contributed by atoms with Crippen molar-refractivity contribution in [3.63, 3.8) is 0 Å². The third-order valence-electron chi connectivity index (χ3n) is 5.11. The van der Waals surface area contributed by atoms with Crippen LogP contribution in [0.15, 0.2) is 38.8 Å². The number of carbonyl (C=O) groups excluding carboxylic acids is 4. The quantitative estimate of drug-likeness (QED) is 0.0473. The number of halogens is 1. The minimum Gasteiger partial charge on any atom is -1.00 e. The Kier molecular flexibility index (Phi) is 29.8.